The minimum Gasteiger partial charge on any atom is -0.345 e. The van der Waals surface area contributed by atoms with Crippen molar-refractivity contribution in [3.63, 3.8) is 0 Å². The second-order valence-electron chi connectivity index (χ2n) is 4.60. The molecule has 0 spiro atoms. The molecule has 0 aliphatic carbocycles. The van der Waals surface area contributed by atoms with E-state index >= 15 is 0 Å². The molecule has 0 bridgehead atoms. The first-order chi connectivity index (χ1) is 8.25. The average molecular weight is 230 g/mol. The van der Waals surface area contributed by atoms with Crippen molar-refractivity contribution in [2.24, 2.45) is 0 Å². The van der Waals surface area contributed by atoms with E-state index in [0.29, 0.717) is 0 Å². The molecule has 0 saturated heterocycles. The van der Waals surface area contributed by atoms with Crippen LogP contribution in [0.15, 0.2) is 24.3 Å². The zero-order chi connectivity index (χ0) is 11.8. The Hall–Kier alpha value is -1.84. The van der Waals surface area contributed by atoms with E-state index in [4.69, 9.17) is 0 Å². The number of nitro benzene ring substituents is 1. The van der Waals surface area contributed by atoms with Gasteiger partial charge in [0, 0.05) is 35.3 Å². The van der Waals surface area contributed by atoms with Gasteiger partial charge in [0.2, 0.25) is 0 Å². The summed E-state index contributed by atoms with van der Waals surface area (Å²) in [7, 11) is 0. The van der Waals surface area contributed by atoms with E-state index in [9.17, 15) is 10.1 Å². The highest BCUT2D eigenvalue weighted by Crippen LogP contribution is 2.27. The van der Waals surface area contributed by atoms with E-state index in [1.807, 2.05) is 6.07 Å². The molecule has 0 atom stereocenters. The predicted molar refractivity (Wildman–Crippen MR) is 66.1 cm³/mol. The lowest BCUT2D eigenvalue weighted by atomic mass is 10.1. The highest BCUT2D eigenvalue weighted by Gasteiger charge is 2.14. The largest absolute Gasteiger partial charge is 0.345 e. The number of nitro groups is 1. The fourth-order valence-electron chi connectivity index (χ4n) is 2.65. The van der Waals surface area contributed by atoms with Crippen molar-refractivity contribution in [3.8, 4) is 0 Å². The summed E-state index contributed by atoms with van der Waals surface area (Å²) in [5.74, 6) is 0. The second kappa shape index (κ2) is 3.87. The van der Waals surface area contributed by atoms with Crippen LogP contribution in [-0.4, -0.2) is 9.49 Å². The van der Waals surface area contributed by atoms with E-state index in [0.717, 1.165) is 23.9 Å². The Morgan fingerprint density at radius 2 is 2.06 bits per heavy atom. The van der Waals surface area contributed by atoms with Gasteiger partial charge in [-0.2, -0.15) is 0 Å². The molecule has 4 heteroatoms. The molecule has 1 aromatic heterocycles. The summed E-state index contributed by atoms with van der Waals surface area (Å²) in [6, 6.07) is 7.26. The molecule has 3 rings (SSSR count). The molecule has 0 saturated carbocycles. The maximum atomic E-state index is 10.7. The maximum Gasteiger partial charge on any atom is 0.270 e. The van der Waals surface area contributed by atoms with Gasteiger partial charge in [0.1, 0.15) is 0 Å². The molecular formula is C13H14N2O2. The van der Waals surface area contributed by atoms with Crippen LogP contribution in [-0.2, 0) is 13.0 Å². The molecular weight excluding hydrogens is 216 g/mol. The van der Waals surface area contributed by atoms with Crippen molar-refractivity contribution in [2.75, 3.05) is 0 Å². The number of benzene rings is 1. The van der Waals surface area contributed by atoms with Gasteiger partial charge < -0.3 is 4.57 Å². The molecule has 0 radical (unpaired) electrons. The van der Waals surface area contributed by atoms with Gasteiger partial charge in [-0.3, -0.25) is 10.1 Å². The van der Waals surface area contributed by atoms with Gasteiger partial charge in [0.05, 0.1) is 4.92 Å². The Labute approximate surface area is 99.0 Å². The van der Waals surface area contributed by atoms with Crippen LogP contribution >= 0.6 is 0 Å². The Morgan fingerprint density at radius 1 is 1.18 bits per heavy atom. The van der Waals surface area contributed by atoms with Crippen molar-refractivity contribution >= 4 is 16.6 Å². The van der Waals surface area contributed by atoms with Gasteiger partial charge in [-0.25, -0.2) is 0 Å². The van der Waals surface area contributed by atoms with Crippen LogP contribution in [0.25, 0.3) is 10.9 Å². The number of aryl methyl sites for hydroxylation is 2. The molecule has 4 nitrogen and oxygen atoms in total. The number of fused-ring (bicyclic) bond motifs is 3. The Kier molecular flexibility index (Phi) is 2.35. The molecule has 1 aromatic carbocycles. The van der Waals surface area contributed by atoms with Crippen LogP contribution in [0, 0.1) is 10.1 Å². The summed E-state index contributed by atoms with van der Waals surface area (Å²) in [5, 5.41) is 11.7. The van der Waals surface area contributed by atoms with Crippen LogP contribution in [0.3, 0.4) is 0 Å². The predicted octanol–water partition coefficient (Wildman–Crippen LogP) is 3.28. The summed E-state index contributed by atoms with van der Waals surface area (Å²) in [4.78, 5) is 10.4. The van der Waals surface area contributed by atoms with Crippen LogP contribution in [0.5, 0.6) is 0 Å². The van der Waals surface area contributed by atoms with Crippen LogP contribution < -0.4 is 0 Å². The summed E-state index contributed by atoms with van der Waals surface area (Å²) in [6.07, 6.45) is 4.78. The first-order valence-corrected chi connectivity index (χ1v) is 6.02. The topological polar surface area (TPSA) is 48.1 Å². The normalized spacial score (nSPS) is 15.5. The van der Waals surface area contributed by atoms with E-state index in [-0.39, 0.29) is 10.6 Å². The number of rotatable bonds is 1. The van der Waals surface area contributed by atoms with Gasteiger partial charge in [-0.1, -0.05) is 6.42 Å². The van der Waals surface area contributed by atoms with Crippen molar-refractivity contribution in [3.05, 3.63) is 40.1 Å². The zero-order valence-electron chi connectivity index (χ0n) is 9.56. The highest BCUT2D eigenvalue weighted by molar-refractivity contribution is 5.83. The SMILES string of the molecule is O=[N+]([O-])c1ccc2c(c1)cc1n2CCCCC1. The summed E-state index contributed by atoms with van der Waals surface area (Å²) in [6.45, 7) is 1.04. The van der Waals surface area contributed by atoms with Gasteiger partial charge in [0.15, 0.2) is 0 Å². The number of non-ortho nitro benzene ring substituents is 1. The molecule has 0 N–H and O–H groups in total. The highest BCUT2D eigenvalue weighted by atomic mass is 16.6. The fraction of sp³-hybridized carbons (Fsp3) is 0.385. The fourth-order valence-corrected chi connectivity index (χ4v) is 2.65. The van der Waals surface area contributed by atoms with E-state index in [1.165, 1.54) is 25.0 Å². The number of aromatic nitrogens is 1. The molecule has 0 fully saturated rings. The molecule has 88 valence electrons. The first kappa shape index (κ1) is 10.3. The standard InChI is InChI=1S/C13H14N2O2/c16-15(17)12-5-6-13-10(9-12)8-11-4-2-1-3-7-14(11)13/h5-6,8-9H,1-4,7H2. The van der Waals surface area contributed by atoms with E-state index in [1.54, 1.807) is 12.1 Å². The first-order valence-electron chi connectivity index (χ1n) is 6.02. The minimum atomic E-state index is -0.331. The van der Waals surface area contributed by atoms with Crippen LogP contribution in [0.1, 0.15) is 25.0 Å². The quantitative estimate of drug-likeness (QED) is 0.557. The molecule has 0 amide bonds. The lowest BCUT2D eigenvalue weighted by Gasteiger charge is -2.05. The molecule has 1 aliphatic heterocycles. The lowest BCUT2D eigenvalue weighted by Crippen LogP contribution is -1.99. The number of hydrogen-bond donors (Lipinski definition) is 0. The van der Waals surface area contributed by atoms with Crippen LogP contribution in [0.2, 0.25) is 0 Å². The van der Waals surface area contributed by atoms with Gasteiger partial charge >= 0.3 is 0 Å². The second-order valence-corrected chi connectivity index (χ2v) is 4.60. The number of hydrogen-bond acceptors (Lipinski definition) is 2. The summed E-state index contributed by atoms with van der Waals surface area (Å²) < 4.78 is 2.31. The molecule has 17 heavy (non-hydrogen) atoms. The third-order valence-corrected chi connectivity index (χ3v) is 3.50. The van der Waals surface area contributed by atoms with Crippen molar-refractivity contribution < 1.29 is 4.92 Å². The number of nitrogens with zero attached hydrogens (tertiary/aromatic N) is 2. The molecule has 2 aromatic rings. The third kappa shape index (κ3) is 1.69. The Bertz CT molecular complexity index is 586. The average Bonchev–Trinajstić information content (AvgIpc) is 2.50. The summed E-state index contributed by atoms with van der Waals surface area (Å²) in [5.41, 5.74) is 2.63. The van der Waals surface area contributed by atoms with Gasteiger partial charge in [0.25, 0.3) is 5.69 Å². The van der Waals surface area contributed by atoms with E-state index < -0.39 is 0 Å². The molecule has 1 aliphatic rings. The summed E-state index contributed by atoms with van der Waals surface area (Å²) >= 11 is 0. The Balaban J connectivity index is 2.17. The van der Waals surface area contributed by atoms with Crippen molar-refractivity contribution in [2.45, 2.75) is 32.2 Å². The lowest BCUT2D eigenvalue weighted by molar-refractivity contribution is -0.384. The molecule has 0 unspecified atom stereocenters. The third-order valence-electron chi connectivity index (χ3n) is 3.50. The van der Waals surface area contributed by atoms with Crippen LogP contribution in [0.4, 0.5) is 5.69 Å². The maximum absolute atomic E-state index is 10.7. The molecule has 2 heterocycles. The van der Waals surface area contributed by atoms with E-state index in [2.05, 4.69) is 10.6 Å². The zero-order valence-corrected chi connectivity index (χ0v) is 9.56. The Morgan fingerprint density at radius 3 is 2.88 bits per heavy atom. The monoisotopic (exact) mass is 230 g/mol. The van der Waals surface area contributed by atoms with Crippen molar-refractivity contribution in [1.82, 2.24) is 4.57 Å². The van der Waals surface area contributed by atoms with Gasteiger partial charge in [-0.15, -0.1) is 0 Å². The smallest absolute Gasteiger partial charge is 0.270 e. The minimum absolute atomic E-state index is 0.179. The van der Waals surface area contributed by atoms with Gasteiger partial charge in [-0.05, 0) is 31.4 Å². The van der Waals surface area contributed by atoms with Crippen molar-refractivity contribution in [1.29, 1.82) is 0 Å².